The number of aliphatic imine (C=N–C) groups is 1. The Hall–Kier alpha value is -0.350. The van der Waals surface area contributed by atoms with E-state index in [2.05, 4.69) is 26.4 Å². The van der Waals surface area contributed by atoms with Crippen molar-refractivity contribution in [3.8, 4) is 0 Å². The molecule has 0 aromatic carbocycles. The molecular formula is C18H35IN4O2S. The number of nitrogens with one attached hydrogen (secondary N) is 3. The summed E-state index contributed by atoms with van der Waals surface area (Å²) in [6.45, 7) is 4.47. The maximum Gasteiger partial charge on any atom is 0.213 e. The molecule has 152 valence electrons. The fourth-order valence-corrected chi connectivity index (χ4v) is 4.07. The summed E-state index contributed by atoms with van der Waals surface area (Å²) < 4.78 is 26.7. The average Bonchev–Trinajstić information content (AvgIpc) is 2.54. The molecule has 2 rings (SSSR count). The van der Waals surface area contributed by atoms with Crippen LogP contribution in [-0.4, -0.2) is 46.3 Å². The Bertz CT molecular complexity index is 560. The molecule has 2 aliphatic carbocycles. The van der Waals surface area contributed by atoms with E-state index in [1.807, 2.05) is 6.92 Å². The summed E-state index contributed by atoms with van der Waals surface area (Å²) >= 11 is 0. The molecule has 0 bridgehead atoms. The third-order valence-electron chi connectivity index (χ3n) is 4.91. The molecular weight excluding hydrogens is 463 g/mol. The molecule has 1 fully saturated rings. The van der Waals surface area contributed by atoms with E-state index in [-0.39, 0.29) is 36.3 Å². The molecule has 0 heterocycles. The van der Waals surface area contributed by atoms with Gasteiger partial charge in [-0.25, -0.2) is 13.1 Å². The van der Waals surface area contributed by atoms with Crippen LogP contribution in [0.1, 0.15) is 58.3 Å². The topological polar surface area (TPSA) is 82.6 Å². The first kappa shape index (κ1) is 23.7. The van der Waals surface area contributed by atoms with Crippen molar-refractivity contribution < 1.29 is 8.42 Å². The molecule has 0 aromatic heterocycles. The Labute approximate surface area is 176 Å². The number of allylic oxidation sites excluding steroid dienone is 1. The van der Waals surface area contributed by atoms with Crippen LogP contribution in [0.3, 0.4) is 0 Å². The largest absolute Gasteiger partial charge is 0.357 e. The Balaban J connectivity index is 0.00000338. The van der Waals surface area contributed by atoms with Gasteiger partial charge in [0.1, 0.15) is 0 Å². The van der Waals surface area contributed by atoms with Gasteiger partial charge in [-0.3, -0.25) is 4.99 Å². The highest BCUT2D eigenvalue weighted by atomic mass is 127. The van der Waals surface area contributed by atoms with Gasteiger partial charge in [-0.2, -0.15) is 0 Å². The van der Waals surface area contributed by atoms with Gasteiger partial charge in [0.05, 0.1) is 12.3 Å². The zero-order chi connectivity index (χ0) is 18.0. The van der Waals surface area contributed by atoms with Gasteiger partial charge >= 0.3 is 0 Å². The second-order valence-electron chi connectivity index (χ2n) is 7.01. The van der Waals surface area contributed by atoms with Crippen molar-refractivity contribution in [2.75, 3.05) is 31.9 Å². The summed E-state index contributed by atoms with van der Waals surface area (Å²) in [6.07, 6.45) is 11.9. The van der Waals surface area contributed by atoms with E-state index in [1.54, 1.807) is 0 Å². The van der Waals surface area contributed by atoms with Gasteiger partial charge in [0, 0.05) is 19.6 Å². The third kappa shape index (κ3) is 9.55. The van der Waals surface area contributed by atoms with Crippen LogP contribution < -0.4 is 15.4 Å². The second-order valence-corrected chi connectivity index (χ2v) is 8.94. The summed E-state index contributed by atoms with van der Waals surface area (Å²) in [7, 11) is -3.22. The minimum absolute atomic E-state index is 0. The van der Waals surface area contributed by atoms with Gasteiger partial charge in [0.2, 0.25) is 10.0 Å². The smallest absolute Gasteiger partial charge is 0.213 e. The summed E-state index contributed by atoms with van der Waals surface area (Å²) in [5, 5.41) is 6.48. The Kier molecular flexibility index (Phi) is 11.8. The number of hydrogen-bond acceptors (Lipinski definition) is 3. The molecule has 0 spiro atoms. The van der Waals surface area contributed by atoms with Crippen LogP contribution in [-0.2, 0) is 10.0 Å². The third-order valence-corrected chi connectivity index (χ3v) is 6.24. The molecule has 0 aliphatic heterocycles. The summed E-state index contributed by atoms with van der Waals surface area (Å²) in [5.41, 5.74) is 1.53. The van der Waals surface area contributed by atoms with Crippen LogP contribution in [0.25, 0.3) is 0 Å². The standard InChI is InChI=1S/C18H34N4O2S.HI/c1-2-19-18(20-12-11-16-7-4-3-5-8-16)21-13-14-25(23,24)22-15-17-9-6-10-17;/h7,17,22H,2-6,8-15H2,1H3,(H2,19,20,21);1H. The lowest BCUT2D eigenvalue weighted by molar-refractivity contribution is 0.316. The molecule has 8 heteroatoms. The van der Waals surface area contributed by atoms with Crippen LogP contribution in [0, 0.1) is 5.92 Å². The molecule has 0 radical (unpaired) electrons. The number of sulfonamides is 1. The Morgan fingerprint density at radius 2 is 2.04 bits per heavy atom. The zero-order valence-electron chi connectivity index (χ0n) is 15.9. The molecule has 6 nitrogen and oxygen atoms in total. The van der Waals surface area contributed by atoms with Crippen LogP contribution in [0.15, 0.2) is 16.6 Å². The first-order valence-corrected chi connectivity index (χ1v) is 11.4. The Morgan fingerprint density at radius 3 is 2.65 bits per heavy atom. The van der Waals surface area contributed by atoms with Crippen molar-refractivity contribution in [1.82, 2.24) is 15.4 Å². The number of nitrogens with zero attached hydrogens (tertiary/aromatic N) is 1. The van der Waals surface area contributed by atoms with Crippen molar-refractivity contribution >= 4 is 40.0 Å². The van der Waals surface area contributed by atoms with Crippen LogP contribution in [0.4, 0.5) is 0 Å². The van der Waals surface area contributed by atoms with E-state index in [0.717, 1.165) is 32.4 Å². The van der Waals surface area contributed by atoms with E-state index in [1.165, 1.54) is 37.7 Å². The highest BCUT2D eigenvalue weighted by Crippen LogP contribution is 2.25. The lowest BCUT2D eigenvalue weighted by atomic mass is 9.86. The van der Waals surface area contributed by atoms with Crippen molar-refractivity contribution in [2.24, 2.45) is 10.9 Å². The number of halogens is 1. The monoisotopic (exact) mass is 498 g/mol. The van der Waals surface area contributed by atoms with Gasteiger partial charge in [-0.1, -0.05) is 18.1 Å². The van der Waals surface area contributed by atoms with Crippen molar-refractivity contribution in [1.29, 1.82) is 0 Å². The fourth-order valence-electron chi connectivity index (χ4n) is 3.11. The second kappa shape index (κ2) is 12.9. The van der Waals surface area contributed by atoms with Gasteiger partial charge in [0.15, 0.2) is 5.96 Å². The van der Waals surface area contributed by atoms with E-state index in [4.69, 9.17) is 0 Å². The fraction of sp³-hybridized carbons (Fsp3) is 0.833. The normalized spacial score (nSPS) is 18.5. The van der Waals surface area contributed by atoms with Gasteiger partial charge < -0.3 is 10.6 Å². The minimum Gasteiger partial charge on any atom is -0.357 e. The molecule has 0 amide bonds. The summed E-state index contributed by atoms with van der Waals surface area (Å²) in [5.74, 6) is 1.28. The van der Waals surface area contributed by atoms with E-state index in [9.17, 15) is 8.42 Å². The summed E-state index contributed by atoms with van der Waals surface area (Å²) in [4.78, 5) is 4.40. The Morgan fingerprint density at radius 1 is 1.23 bits per heavy atom. The summed E-state index contributed by atoms with van der Waals surface area (Å²) in [6, 6.07) is 0. The highest BCUT2D eigenvalue weighted by Gasteiger charge is 2.19. The number of rotatable bonds is 10. The predicted molar refractivity (Wildman–Crippen MR) is 120 cm³/mol. The van der Waals surface area contributed by atoms with E-state index in [0.29, 0.717) is 18.4 Å². The van der Waals surface area contributed by atoms with Gasteiger partial charge in [0.25, 0.3) is 0 Å². The van der Waals surface area contributed by atoms with Crippen LogP contribution >= 0.6 is 24.0 Å². The first-order chi connectivity index (χ1) is 12.1. The van der Waals surface area contributed by atoms with Crippen LogP contribution in [0.2, 0.25) is 0 Å². The van der Waals surface area contributed by atoms with E-state index >= 15 is 0 Å². The lowest BCUT2D eigenvalue weighted by Crippen LogP contribution is -2.39. The first-order valence-electron chi connectivity index (χ1n) is 9.76. The molecule has 0 unspecified atom stereocenters. The molecule has 26 heavy (non-hydrogen) atoms. The van der Waals surface area contributed by atoms with E-state index < -0.39 is 10.0 Å². The quantitative estimate of drug-likeness (QED) is 0.187. The maximum absolute atomic E-state index is 12.0. The zero-order valence-corrected chi connectivity index (χ0v) is 19.1. The minimum atomic E-state index is -3.22. The molecule has 1 saturated carbocycles. The predicted octanol–water partition coefficient (Wildman–Crippen LogP) is 2.77. The van der Waals surface area contributed by atoms with Gasteiger partial charge in [-0.15, -0.1) is 24.0 Å². The number of guanidine groups is 1. The molecule has 3 N–H and O–H groups in total. The molecule has 2 aliphatic rings. The van der Waals surface area contributed by atoms with Crippen molar-refractivity contribution in [3.05, 3.63) is 11.6 Å². The molecule has 0 aromatic rings. The van der Waals surface area contributed by atoms with Crippen molar-refractivity contribution in [3.63, 3.8) is 0 Å². The average molecular weight is 498 g/mol. The SMILES string of the molecule is CCNC(=NCCS(=O)(=O)NCC1CCC1)NCCC1=CCCCC1.I. The molecule has 0 atom stereocenters. The maximum atomic E-state index is 12.0. The van der Waals surface area contributed by atoms with Crippen molar-refractivity contribution in [2.45, 2.75) is 58.3 Å². The lowest BCUT2D eigenvalue weighted by Gasteiger charge is -2.25. The number of hydrogen-bond donors (Lipinski definition) is 3. The van der Waals surface area contributed by atoms with Gasteiger partial charge in [-0.05, 0) is 57.8 Å². The molecule has 0 saturated heterocycles. The van der Waals surface area contributed by atoms with Crippen LogP contribution in [0.5, 0.6) is 0 Å². The highest BCUT2D eigenvalue weighted by molar-refractivity contribution is 14.0.